The summed E-state index contributed by atoms with van der Waals surface area (Å²) in [6.07, 6.45) is 4.59. The van der Waals surface area contributed by atoms with Gasteiger partial charge in [-0.25, -0.2) is 0 Å². The maximum Gasteiger partial charge on any atom is 0.129 e. The molecule has 146 valence electrons. The standard InChI is InChI=1S/C23H25BrN2O2/c24-17-4-1-5-18(15-17)27-13-14-28-21-7-6-16-3-2-12-26-20-9-11-25-10-8-19(20)22(21)23(16)26/h1,4-7,15,25H,2-3,8-14H2. The van der Waals surface area contributed by atoms with E-state index >= 15 is 0 Å². The third-order valence-electron chi connectivity index (χ3n) is 5.79. The molecule has 0 spiro atoms. The highest BCUT2D eigenvalue weighted by molar-refractivity contribution is 9.10. The van der Waals surface area contributed by atoms with Crippen molar-refractivity contribution in [1.82, 2.24) is 9.88 Å². The Hall–Kier alpha value is -1.98. The lowest BCUT2D eigenvalue weighted by Crippen LogP contribution is -2.18. The van der Waals surface area contributed by atoms with Crippen LogP contribution in [0.3, 0.4) is 0 Å². The third-order valence-corrected chi connectivity index (χ3v) is 6.29. The van der Waals surface area contributed by atoms with Crippen molar-refractivity contribution < 1.29 is 9.47 Å². The van der Waals surface area contributed by atoms with E-state index in [2.05, 4.69) is 37.9 Å². The third kappa shape index (κ3) is 3.31. The SMILES string of the molecule is Brc1cccc(OCCOc2ccc3c4c2c2c(n4CCC3)CCNCC2)c1. The molecular formula is C23H25BrN2O2. The van der Waals surface area contributed by atoms with Crippen LogP contribution in [0, 0.1) is 0 Å². The number of halogens is 1. The van der Waals surface area contributed by atoms with Gasteiger partial charge in [0.05, 0.1) is 5.52 Å². The van der Waals surface area contributed by atoms with E-state index in [0.717, 1.165) is 48.4 Å². The molecule has 0 saturated carbocycles. The second-order valence-corrected chi connectivity index (χ2v) is 8.45. The molecule has 3 heterocycles. The molecule has 0 fully saturated rings. The van der Waals surface area contributed by atoms with Crippen LogP contribution in [0.15, 0.2) is 40.9 Å². The highest BCUT2D eigenvalue weighted by atomic mass is 79.9. The van der Waals surface area contributed by atoms with Crippen molar-refractivity contribution in [1.29, 1.82) is 0 Å². The molecule has 2 aromatic carbocycles. The highest BCUT2D eigenvalue weighted by Crippen LogP contribution is 2.39. The van der Waals surface area contributed by atoms with Crippen molar-refractivity contribution in [2.75, 3.05) is 26.3 Å². The first-order chi connectivity index (χ1) is 13.8. The zero-order chi connectivity index (χ0) is 18.9. The van der Waals surface area contributed by atoms with Gasteiger partial charge in [-0.2, -0.15) is 0 Å². The summed E-state index contributed by atoms with van der Waals surface area (Å²) in [5.41, 5.74) is 5.90. The van der Waals surface area contributed by atoms with E-state index < -0.39 is 0 Å². The minimum absolute atomic E-state index is 0.532. The summed E-state index contributed by atoms with van der Waals surface area (Å²) < 4.78 is 15.7. The molecule has 0 saturated heterocycles. The van der Waals surface area contributed by atoms with E-state index in [9.17, 15) is 0 Å². The average Bonchev–Trinajstić information content (AvgIpc) is 2.87. The van der Waals surface area contributed by atoms with Crippen LogP contribution in [-0.4, -0.2) is 30.9 Å². The number of aryl methyl sites for hydroxylation is 2. The van der Waals surface area contributed by atoms with Gasteiger partial charge >= 0.3 is 0 Å². The Bertz CT molecular complexity index is 1010. The number of hydrogen-bond acceptors (Lipinski definition) is 3. The number of aromatic nitrogens is 1. The van der Waals surface area contributed by atoms with Crippen LogP contribution in [0.1, 0.15) is 23.2 Å². The molecule has 0 unspecified atom stereocenters. The van der Waals surface area contributed by atoms with Gasteiger partial charge in [-0.15, -0.1) is 0 Å². The zero-order valence-corrected chi connectivity index (χ0v) is 17.6. The van der Waals surface area contributed by atoms with Crippen LogP contribution in [0.2, 0.25) is 0 Å². The molecule has 5 rings (SSSR count). The maximum atomic E-state index is 6.24. The van der Waals surface area contributed by atoms with E-state index in [0.29, 0.717) is 13.2 Å². The van der Waals surface area contributed by atoms with E-state index in [-0.39, 0.29) is 0 Å². The lowest BCUT2D eigenvalue weighted by Gasteiger charge is -2.19. The summed E-state index contributed by atoms with van der Waals surface area (Å²) in [4.78, 5) is 0. The van der Waals surface area contributed by atoms with Gasteiger partial charge in [-0.05, 0) is 61.2 Å². The fourth-order valence-electron chi connectivity index (χ4n) is 4.62. The minimum Gasteiger partial charge on any atom is -0.490 e. The molecule has 2 aliphatic rings. The first kappa shape index (κ1) is 18.1. The van der Waals surface area contributed by atoms with Crippen molar-refractivity contribution in [3.63, 3.8) is 0 Å². The summed E-state index contributed by atoms with van der Waals surface area (Å²) in [5, 5.41) is 4.89. The molecule has 5 heteroatoms. The predicted octanol–water partition coefficient (Wildman–Crippen LogP) is 4.50. The molecule has 4 nitrogen and oxygen atoms in total. The summed E-state index contributed by atoms with van der Waals surface area (Å²) in [6.45, 7) is 4.31. The Morgan fingerprint density at radius 3 is 2.82 bits per heavy atom. The van der Waals surface area contributed by atoms with E-state index in [1.54, 1.807) is 0 Å². The molecule has 2 aliphatic heterocycles. The van der Waals surface area contributed by atoms with E-state index in [1.807, 2.05) is 24.3 Å². The predicted molar refractivity (Wildman–Crippen MR) is 116 cm³/mol. The molecule has 28 heavy (non-hydrogen) atoms. The molecule has 0 aliphatic carbocycles. The summed E-state index contributed by atoms with van der Waals surface area (Å²) in [6, 6.07) is 12.4. The van der Waals surface area contributed by atoms with E-state index in [1.165, 1.54) is 40.6 Å². The molecule has 0 radical (unpaired) electrons. The average molecular weight is 441 g/mol. The van der Waals surface area contributed by atoms with E-state index in [4.69, 9.17) is 9.47 Å². The zero-order valence-electron chi connectivity index (χ0n) is 16.0. The van der Waals surface area contributed by atoms with Crippen LogP contribution < -0.4 is 14.8 Å². The number of hydrogen-bond donors (Lipinski definition) is 1. The largest absolute Gasteiger partial charge is 0.490 e. The number of fused-ring (bicyclic) bond motifs is 3. The quantitative estimate of drug-likeness (QED) is 0.593. The van der Waals surface area contributed by atoms with Crippen LogP contribution in [0.25, 0.3) is 10.9 Å². The van der Waals surface area contributed by atoms with Crippen molar-refractivity contribution >= 4 is 26.8 Å². The fraction of sp³-hybridized carbons (Fsp3) is 0.391. The smallest absolute Gasteiger partial charge is 0.129 e. The summed E-state index contributed by atoms with van der Waals surface area (Å²) in [5.74, 6) is 1.87. The van der Waals surface area contributed by atoms with Crippen molar-refractivity contribution in [2.24, 2.45) is 0 Å². The Labute approximate surface area is 174 Å². The summed E-state index contributed by atoms with van der Waals surface area (Å²) in [7, 11) is 0. The minimum atomic E-state index is 0.532. The Morgan fingerprint density at radius 1 is 1.00 bits per heavy atom. The lowest BCUT2D eigenvalue weighted by molar-refractivity contribution is 0.218. The van der Waals surface area contributed by atoms with Crippen molar-refractivity contribution in [3.05, 3.63) is 57.7 Å². The Kier molecular flexibility index (Phi) is 5.03. The van der Waals surface area contributed by atoms with Crippen LogP contribution >= 0.6 is 15.9 Å². The van der Waals surface area contributed by atoms with Crippen LogP contribution in [-0.2, 0) is 25.8 Å². The van der Waals surface area contributed by atoms with Crippen molar-refractivity contribution in [3.8, 4) is 11.5 Å². The lowest BCUT2D eigenvalue weighted by atomic mass is 10.0. The second-order valence-electron chi connectivity index (χ2n) is 7.53. The number of ether oxygens (including phenoxy) is 2. The first-order valence-corrected chi connectivity index (χ1v) is 11.0. The summed E-state index contributed by atoms with van der Waals surface area (Å²) >= 11 is 3.48. The number of nitrogens with one attached hydrogen (secondary N) is 1. The van der Waals surface area contributed by atoms with Gasteiger partial charge in [0.1, 0.15) is 24.7 Å². The Balaban J connectivity index is 1.41. The number of nitrogens with zero attached hydrogens (tertiary/aromatic N) is 1. The second kappa shape index (κ2) is 7.80. The van der Waals surface area contributed by atoms with Gasteiger partial charge in [-0.3, -0.25) is 0 Å². The normalized spacial score (nSPS) is 15.9. The van der Waals surface area contributed by atoms with Gasteiger partial charge in [0, 0.05) is 35.1 Å². The number of rotatable bonds is 5. The van der Waals surface area contributed by atoms with Gasteiger partial charge in [-0.1, -0.05) is 28.1 Å². The van der Waals surface area contributed by atoms with Gasteiger partial charge in [0.15, 0.2) is 0 Å². The van der Waals surface area contributed by atoms with Crippen LogP contribution in [0.5, 0.6) is 11.5 Å². The van der Waals surface area contributed by atoms with Crippen molar-refractivity contribution in [2.45, 2.75) is 32.2 Å². The van der Waals surface area contributed by atoms with Gasteiger partial charge in [0.2, 0.25) is 0 Å². The molecule has 1 N–H and O–H groups in total. The molecule has 0 bridgehead atoms. The molecular weight excluding hydrogens is 416 g/mol. The van der Waals surface area contributed by atoms with Crippen LogP contribution in [0.4, 0.5) is 0 Å². The molecule has 0 amide bonds. The molecule has 3 aromatic rings. The topological polar surface area (TPSA) is 35.4 Å². The molecule has 0 atom stereocenters. The molecule has 1 aromatic heterocycles. The first-order valence-electron chi connectivity index (χ1n) is 10.2. The fourth-order valence-corrected chi connectivity index (χ4v) is 5.00. The maximum absolute atomic E-state index is 6.24. The monoisotopic (exact) mass is 440 g/mol. The Morgan fingerprint density at radius 2 is 1.89 bits per heavy atom. The van der Waals surface area contributed by atoms with Gasteiger partial charge < -0.3 is 19.4 Å². The highest BCUT2D eigenvalue weighted by Gasteiger charge is 2.25. The number of benzene rings is 2. The van der Waals surface area contributed by atoms with Gasteiger partial charge in [0.25, 0.3) is 0 Å².